The summed E-state index contributed by atoms with van der Waals surface area (Å²) in [4.78, 5) is 24.5. The van der Waals surface area contributed by atoms with E-state index in [-0.39, 0.29) is 17.6 Å². The SMILES string of the molecule is CCC(CSC)NC(=O)N(C)Cc1ccc(C(=O)O)cc1. The Morgan fingerprint density at radius 1 is 1.33 bits per heavy atom. The molecule has 2 N–H and O–H groups in total. The van der Waals surface area contributed by atoms with Crippen molar-refractivity contribution in [3.05, 3.63) is 35.4 Å². The standard InChI is InChI=1S/C15H22N2O3S/c1-4-13(10-21-3)16-15(20)17(2)9-11-5-7-12(8-6-11)14(18)19/h5-8,13H,4,9-10H2,1-3H3,(H,16,20)(H,18,19). The van der Waals surface area contributed by atoms with E-state index in [1.165, 1.54) is 0 Å². The van der Waals surface area contributed by atoms with Crippen LogP contribution in [-0.4, -0.2) is 47.1 Å². The van der Waals surface area contributed by atoms with Crippen molar-refractivity contribution in [2.75, 3.05) is 19.1 Å². The molecule has 0 heterocycles. The molecule has 0 aliphatic rings. The summed E-state index contributed by atoms with van der Waals surface area (Å²) in [6.07, 6.45) is 2.91. The average molecular weight is 310 g/mol. The van der Waals surface area contributed by atoms with Gasteiger partial charge in [-0.05, 0) is 30.4 Å². The lowest BCUT2D eigenvalue weighted by Gasteiger charge is -2.22. The molecule has 1 unspecified atom stereocenters. The fraction of sp³-hybridized carbons (Fsp3) is 0.467. The second-order valence-corrected chi connectivity index (χ2v) is 5.78. The fourth-order valence-corrected chi connectivity index (χ4v) is 2.57. The third-order valence-electron chi connectivity index (χ3n) is 3.16. The van der Waals surface area contributed by atoms with Crippen LogP contribution < -0.4 is 5.32 Å². The summed E-state index contributed by atoms with van der Waals surface area (Å²) in [6, 6.07) is 6.61. The predicted octanol–water partition coefficient (Wildman–Crippen LogP) is 2.67. The Balaban J connectivity index is 2.57. The summed E-state index contributed by atoms with van der Waals surface area (Å²) < 4.78 is 0. The number of carbonyl (C=O) groups is 2. The first-order valence-corrected chi connectivity index (χ1v) is 8.20. The molecule has 2 amide bonds. The van der Waals surface area contributed by atoms with E-state index in [9.17, 15) is 9.59 Å². The lowest BCUT2D eigenvalue weighted by Crippen LogP contribution is -2.43. The number of hydrogen-bond donors (Lipinski definition) is 2. The van der Waals surface area contributed by atoms with Gasteiger partial charge < -0.3 is 15.3 Å². The molecule has 0 spiro atoms. The third-order valence-corrected chi connectivity index (χ3v) is 3.89. The zero-order valence-corrected chi connectivity index (χ0v) is 13.4. The summed E-state index contributed by atoms with van der Waals surface area (Å²) in [7, 11) is 1.73. The molecule has 0 fully saturated rings. The molecule has 1 aromatic rings. The maximum atomic E-state index is 12.1. The van der Waals surface area contributed by atoms with Crippen molar-refractivity contribution in [1.82, 2.24) is 10.2 Å². The first kappa shape index (κ1) is 17.4. The van der Waals surface area contributed by atoms with Gasteiger partial charge in [0.1, 0.15) is 0 Å². The molecule has 0 aliphatic heterocycles. The van der Waals surface area contributed by atoms with E-state index in [2.05, 4.69) is 5.32 Å². The second kappa shape index (κ2) is 8.56. The van der Waals surface area contributed by atoms with Crippen molar-refractivity contribution >= 4 is 23.8 Å². The zero-order chi connectivity index (χ0) is 15.8. The molecule has 1 atom stereocenters. The number of carbonyl (C=O) groups excluding carboxylic acids is 1. The van der Waals surface area contributed by atoms with Gasteiger partial charge in [0.25, 0.3) is 0 Å². The van der Waals surface area contributed by atoms with Crippen LogP contribution in [0.15, 0.2) is 24.3 Å². The molecule has 0 saturated carbocycles. The smallest absolute Gasteiger partial charge is 0.335 e. The summed E-state index contributed by atoms with van der Waals surface area (Å²) in [5.41, 5.74) is 1.15. The van der Waals surface area contributed by atoms with Crippen LogP contribution in [0.25, 0.3) is 0 Å². The molecule has 1 rings (SSSR count). The maximum Gasteiger partial charge on any atom is 0.335 e. The molecule has 6 heteroatoms. The summed E-state index contributed by atoms with van der Waals surface area (Å²) >= 11 is 1.71. The first-order valence-electron chi connectivity index (χ1n) is 6.80. The van der Waals surface area contributed by atoms with Gasteiger partial charge in [-0.2, -0.15) is 11.8 Å². The highest BCUT2D eigenvalue weighted by molar-refractivity contribution is 7.98. The first-order chi connectivity index (χ1) is 9.97. The van der Waals surface area contributed by atoms with E-state index in [4.69, 9.17) is 5.11 Å². The van der Waals surface area contributed by atoms with Crippen LogP contribution in [-0.2, 0) is 6.54 Å². The zero-order valence-electron chi connectivity index (χ0n) is 12.6. The van der Waals surface area contributed by atoms with Gasteiger partial charge in [-0.25, -0.2) is 9.59 Å². The van der Waals surface area contributed by atoms with E-state index >= 15 is 0 Å². The Labute approximate surface area is 129 Å². The largest absolute Gasteiger partial charge is 0.478 e. The fourth-order valence-electron chi connectivity index (χ4n) is 1.85. The lowest BCUT2D eigenvalue weighted by atomic mass is 10.1. The number of carboxylic acids is 1. The van der Waals surface area contributed by atoms with Crippen molar-refractivity contribution in [2.45, 2.75) is 25.9 Å². The number of benzene rings is 1. The highest BCUT2D eigenvalue weighted by atomic mass is 32.2. The Morgan fingerprint density at radius 3 is 2.43 bits per heavy atom. The number of nitrogens with one attached hydrogen (secondary N) is 1. The summed E-state index contributed by atoms with van der Waals surface area (Å²) in [6.45, 7) is 2.49. The van der Waals surface area contributed by atoms with Crippen LogP contribution in [0.1, 0.15) is 29.3 Å². The Hall–Kier alpha value is -1.69. The molecule has 0 bridgehead atoms. The molecule has 0 aromatic heterocycles. The molecule has 116 valence electrons. The minimum absolute atomic E-state index is 0.113. The highest BCUT2D eigenvalue weighted by Crippen LogP contribution is 2.08. The number of aromatic carboxylic acids is 1. The van der Waals surface area contributed by atoms with E-state index in [1.54, 1.807) is 48.0 Å². The highest BCUT2D eigenvalue weighted by Gasteiger charge is 2.14. The van der Waals surface area contributed by atoms with Crippen molar-refractivity contribution < 1.29 is 14.7 Å². The minimum atomic E-state index is -0.949. The Bertz CT molecular complexity index is 476. The van der Waals surface area contributed by atoms with E-state index in [0.717, 1.165) is 17.7 Å². The molecule has 21 heavy (non-hydrogen) atoms. The average Bonchev–Trinajstić information content (AvgIpc) is 2.47. The Kier molecular flexibility index (Phi) is 7.08. The van der Waals surface area contributed by atoms with Crippen molar-refractivity contribution in [1.29, 1.82) is 0 Å². The third kappa shape index (κ3) is 5.67. The number of thioether (sulfide) groups is 1. The van der Waals surface area contributed by atoms with Crippen molar-refractivity contribution in [3.8, 4) is 0 Å². The van der Waals surface area contributed by atoms with Crippen LogP contribution in [0.4, 0.5) is 4.79 Å². The van der Waals surface area contributed by atoms with Gasteiger partial charge in [-0.15, -0.1) is 0 Å². The number of urea groups is 1. The Morgan fingerprint density at radius 2 is 1.95 bits per heavy atom. The topological polar surface area (TPSA) is 69.6 Å². The molecule has 0 radical (unpaired) electrons. The van der Waals surface area contributed by atoms with Gasteiger partial charge in [0.2, 0.25) is 0 Å². The van der Waals surface area contributed by atoms with Crippen molar-refractivity contribution in [2.24, 2.45) is 0 Å². The van der Waals surface area contributed by atoms with E-state index in [1.807, 2.05) is 13.2 Å². The van der Waals surface area contributed by atoms with Gasteiger partial charge >= 0.3 is 12.0 Å². The molecule has 0 aliphatic carbocycles. The van der Waals surface area contributed by atoms with Crippen LogP contribution in [0.5, 0.6) is 0 Å². The van der Waals surface area contributed by atoms with Crippen LogP contribution >= 0.6 is 11.8 Å². The molecule has 0 saturated heterocycles. The molecular formula is C15H22N2O3S. The second-order valence-electron chi connectivity index (χ2n) is 4.87. The van der Waals surface area contributed by atoms with Gasteiger partial charge in [-0.3, -0.25) is 0 Å². The van der Waals surface area contributed by atoms with Gasteiger partial charge in [-0.1, -0.05) is 19.1 Å². The van der Waals surface area contributed by atoms with Crippen LogP contribution in [0, 0.1) is 0 Å². The number of rotatable bonds is 7. The van der Waals surface area contributed by atoms with E-state index < -0.39 is 5.97 Å². The van der Waals surface area contributed by atoms with Crippen LogP contribution in [0.3, 0.4) is 0 Å². The van der Waals surface area contributed by atoms with Crippen LogP contribution in [0.2, 0.25) is 0 Å². The van der Waals surface area contributed by atoms with Gasteiger partial charge in [0.05, 0.1) is 5.56 Å². The molecular weight excluding hydrogens is 288 g/mol. The number of carboxylic acid groups (broad SMARTS) is 1. The number of nitrogens with zero attached hydrogens (tertiary/aromatic N) is 1. The maximum absolute atomic E-state index is 12.1. The summed E-state index contributed by atoms with van der Waals surface area (Å²) in [5.74, 6) is -0.0564. The lowest BCUT2D eigenvalue weighted by molar-refractivity contribution is 0.0697. The molecule has 1 aromatic carbocycles. The van der Waals surface area contributed by atoms with Gasteiger partial charge in [0.15, 0.2) is 0 Å². The minimum Gasteiger partial charge on any atom is -0.478 e. The quantitative estimate of drug-likeness (QED) is 0.812. The monoisotopic (exact) mass is 310 g/mol. The normalized spacial score (nSPS) is 11.8. The predicted molar refractivity (Wildman–Crippen MR) is 85.9 cm³/mol. The molecule has 5 nitrogen and oxygen atoms in total. The van der Waals surface area contributed by atoms with Gasteiger partial charge in [0, 0.05) is 25.4 Å². The number of hydrogen-bond acceptors (Lipinski definition) is 3. The number of amides is 2. The van der Waals surface area contributed by atoms with E-state index in [0.29, 0.717) is 6.54 Å². The van der Waals surface area contributed by atoms with Crippen molar-refractivity contribution in [3.63, 3.8) is 0 Å². The summed E-state index contributed by atoms with van der Waals surface area (Å²) in [5, 5.41) is 11.8.